The van der Waals surface area contributed by atoms with Crippen LogP contribution in [0.1, 0.15) is 57.3 Å². The molecule has 1 atom stereocenters. The van der Waals surface area contributed by atoms with Gasteiger partial charge in [-0.3, -0.25) is 0 Å². The number of nitrogens with zero attached hydrogens (tertiary/aromatic N) is 1. The Labute approximate surface area is 153 Å². The van der Waals surface area contributed by atoms with E-state index in [1.807, 2.05) is 6.92 Å². The molecule has 140 valence electrons. The third kappa shape index (κ3) is 10.6. The number of halogens is 1. The van der Waals surface area contributed by atoms with Gasteiger partial charge in [-0.15, -0.1) is 12.4 Å². The number of carbonyl (C=O) groups excluding carboxylic acids is 1. The third-order valence-corrected chi connectivity index (χ3v) is 3.75. The Hall–Kier alpha value is -1.10. The topological polar surface area (TPSA) is 60.4 Å². The van der Waals surface area contributed by atoms with Crippen molar-refractivity contribution in [1.29, 1.82) is 0 Å². The molecule has 0 amide bonds. The first-order valence-corrected chi connectivity index (χ1v) is 8.70. The average Bonchev–Trinajstić information content (AvgIpc) is 2.49. The zero-order valence-corrected chi connectivity index (χ0v) is 16.3. The van der Waals surface area contributed by atoms with Gasteiger partial charge in [-0.2, -0.15) is 0 Å². The number of hydrogen-bond acceptors (Lipinski definition) is 3. The smallest absolute Gasteiger partial charge is 0.105 e. The zero-order valence-electron chi connectivity index (χ0n) is 15.5. The van der Waals surface area contributed by atoms with Gasteiger partial charge in [0.25, 0.3) is 0 Å². The summed E-state index contributed by atoms with van der Waals surface area (Å²) in [7, 11) is 0. The van der Waals surface area contributed by atoms with Crippen molar-refractivity contribution in [2.75, 3.05) is 26.2 Å². The van der Waals surface area contributed by atoms with Gasteiger partial charge in [0.05, 0.1) is 25.6 Å². The van der Waals surface area contributed by atoms with E-state index in [-0.39, 0.29) is 24.1 Å². The van der Waals surface area contributed by atoms with E-state index in [4.69, 9.17) is 0 Å². The molecule has 0 aromatic heterocycles. The molecule has 1 aromatic rings. The highest BCUT2D eigenvalue weighted by molar-refractivity contribution is 5.85. The average molecular weight is 360 g/mol. The Morgan fingerprint density at radius 2 is 1.46 bits per heavy atom. The maximum atomic E-state index is 10.1. The largest absolute Gasteiger partial charge is 0.545 e. The number of rotatable bonds is 9. The van der Waals surface area contributed by atoms with Crippen LogP contribution < -0.4 is 5.11 Å². The van der Waals surface area contributed by atoms with Crippen LogP contribution in [-0.2, 0) is 0 Å². The van der Waals surface area contributed by atoms with Gasteiger partial charge in [-0.25, -0.2) is 0 Å². The van der Waals surface area contributed by atoms with Crippen molar-refractivity contribution in [3.63, 3.8) is 0 Å². The van der Waals surface area contributed by atoms with Gasteiger partial charge in [0, 0.05) is 0 Å². The summed E-state index contributed by atoms with van der Waals surface area (Å²) in [4.78, 5) is 10.1. The van der Waals surface area contributed by atoms with E-state index in [0.29, 0.717) is 0 Å². The molecule has 0 aliphatic rings. The van der Waals surface area contributed by atoms with Crippen molar-refractivity contribution in [3.8, 4) is 0 Å². The quantitative estimate of drug-likeness (QED) is 0.689. The highest BCUT2D eigenvalue weighted by Gasteiger charge is 2.26. The van der Waals surface area contributed by atoms with E-state index in [9.17, 15) is 15.0 Å². The molecule has 1 unspecified atom stereocenters. The van der Waals surface area contributed by atoms with Crippen LogP contribution in [0.4, 0.5) is 0 Å². The molecule has 0 saturated heterocycles. The van der Waals surface area contributed by atoms with E-state index in [1.54, 1.807) is 18.2 Å². The lowest BCUT2D eigenvalue weighted by Crippen LogP contribution is -2.53. The van der Waals surface area contributed by atoms with Crippen molar-refractivity contribution >= 4 is 18.4 Å². The van der Waals surface area contributed by atoms with Gasteiger partial charge in [0.1, 0.15) is 12.6 Å². The van der Waals surface area contributed by atoms with Crippen LogP contribution in [0.2, 0.25) is 0 Å². The number of aromatic carboxylic acids is 1. The Kier molecular flexibility index (Phi) is 14.9. The lowest BCUT2D eigenvalue weighted by atomic mass is 10.2. The number of aliphatic hydroxyl groups is 1. The Morgan fingerprint density at radius 1 is 1.04 bits per heavy atom. The monoisotopic (exact) mass is 359 g/mol. The van der Waals surface area contributed by atoms with Crippen LogP contribution in [-0.4, -0.2) is 47.8 Å². The molecule has 4 nitrogen and oxygen atoms in total. The van der Waals surface area contributed by atoms with Crippen LogP contribution in [0.3, 0.4) is 0 Å². The molecule has 0 heterocycles. The van der Waals surface area contributed by atoms with Gasteiger partial charge >= 0.3 is 0 Å². The minimum atomic E-state index is -1.13. The summed E-state index contributed by atoms with van der Waals surface area (Å²) in [6, 6.07) is 8.06. The number of quaternary nitrogens is 1. The standard InChI is InChI=1S/C12H28NO.C7H6O2.ClH/c1-5-8-13(9-6-2,10-7-3)11-12(4)14;8-7(9)6-4-2-1-3-5-6;/h12,14H,5-11H2,1-4H3;1-5H,(H,8,9);1H/q+1;;/p-1. The molecule has 5 heteroatoms. The number of carboxylic acid groups (broad SMARTS) is 1. The molecule has 0 aliphatic carbocycles. The summed E-state index contributed by atoms with van der Waals surface area (Å²) in [5.41, 5.74) is 0.220. The van der Waals surface area contributed by atoms with Crippen molar-refractivity contribution in [2.45, 2.75) is 53.1 Å². The van der Waals surface area contributed by atoms with Gasteiger partial charge < -0.3 is 19.5 Å². The summed E-state index contributed by atoms with van der Waals surface area (Å²) < 4.78 is 1.11. The second-order valence-electron chi connectivity index (χ2n) is 6.20. The summed E-state index contributed by atoms with van der Waals surface area (Å²) >= 11 is 0. The van der Waals surface area contributed by atoms with Crippen LogP contribution >= 0.6 is 12.4 Å². The van der Waals surface area contributed by atoms with E-state index in [2.05, 4.69) is 20.8 Å². The summed E-state index contributed by atoms with van der Waals surface area (Å²) in [5.74, 6) is -1.13. The first kappa shape index (κ1) is 25.1. The molecule has 0 radical (unpaired) electrons. The SMILES string of the molecule is CCC[N+](CCC)(CCC)CC(C)O.Cl.O=C([O-])c1ccccc1. The summed E-state index contributed by atoms with van der Waals surface area (Å²) in [6.07, 6.45) is 3.48. The first-order valence-electron chi connectivity index (χ1n) is 8.70. The molecule has 1 N–H and O–H groups in total. The van der Waals surface area contributed by atoms with E-state index < -0.39 is 5.97 Å². The Balaban J connectivity index is 0. The van der Waals surface area contributed by atoms with Crippen LogP contribution in [0.5, 0.6) is 0 Å². The number of benzene rings is 1. The Morgan fingerprint density at radius 3 is 1.71 bits per heavy atom. The molecule has 1 aromatic carbocycles. The van der Waals surface area contributed by atoms with Crippen LogP contribution in [0.25, 0.3) is 0 Å². The maximum Gasteiger partial charge on any atom is 0.105 e. The molecular weight excluding hydrogens is 326 g/mol. The zero-order chi connectivity index (χ0) is 17.7. The molecule has 0 aliphatic heterocycles. The van der Waals surface area contributed by atoms with E-state index in [0.717, 1.165) is 11.0 Å². The molecule has 1 rings (SSSR count). The third-order valence-electron chi connectivity index (χ3n) is 3.75. The van der Waals surface area contributed by atoms with Crippen molar-refractivity contribution in [1.82, 2.24) is 0 Å². The Bertz CT molecular complexity index is 407. The van der Waals surface area contributed by atoms with E-state index >= 15 is 0 Å². The second kappa shape index (κ2) is 14.3. The fraction of sp³-hybridized carbons (Fsp3) is 0.632. The van der Waals surface area contributed by atoms with Crippen LogP contribution in [0, 0.1) is 0 Å². The van der Waals surface area contributed by atoms with Gasteiger partial charge in [-0.05, 0) is 31.7 Å². The lowest BCUT2D eigenvalue weighted by Gasteiger charge is -2.39. The van der Waals surface area contributed by atoms with Gasteiger partial charge in [0.15, 0.2) is 0 Å². The van der Waals surface area contributed by atoms with E-state index in [1.165, 1.54) is 51.0 Å². The minimum absolute atomic E-state index is 0. The number of carbonyl (C=O) groups is 1. The highest BCUT2D eigenvalue weighted by Crippen LogP contribution is 2.12. The normalized spacial score (nSPS) is 11.7. The second-order valence-corrected chi connectivity index (χ2v) is 6.20. The molecule has 0 spiro atoms. The number of aliphatic hydroxyl groups excluding tert-OH is 1. The van der Waals surface area contributed by atoms with Crippen LogP contribution in [0.15, 0.2) is 30.3 Å². The van der Waals surface area contributed by atoms with Crippen molar-refractivity contribution in [2.24, 2.45) is 0 Å². The lowest BCUT2D eigenvalue weighted by molar-refractivity contribution is -0.930. The predicted molar refractivity (Wildman–Crippen MR) is 100 cm³/mol. The molecule has 24 heavy (non-hydrogen) atoms. The fourth-order valence-electron chi connectivity index (χ4n) is 3.17. The molecule has 0 saturated carbocycles. The summed E-state index contributed by atoms with van der Waals surface area (Å²) in [5, 5.41) is 19.6. The first-order chi connectivity index (χ1) is 10.9. The van der Waals surface area contributed by atoms with Crippen molar-refractivity contribution < 1.29 is 19.5 Å². The van der Waals surface area contributed by atoms with Gasteiger partial charge in [-0.1, -0.05) is 51.1 Å². The number of hydrogen-bond donors (Lipinski definition) is 1. The maximum absolute atomic E-state index is 10.1. The highest BCUT2D eigenvalue weighted by atomic mass is 35.5. The fourth-order valence-corrected chi connectivity index (χ4v) is 3.17. The molecule has 0 bridgehead atoms. The number of carboxylic acids is 1. The van der Waals surface area contributed by atoms with Crippen molar-refractivity contribution in [3.05, 3.63) is 35.9 Å². The minimum Gasteiger partial charge on any atom is -0.545 e. The predicted octanol–water partition coefficient (Wildman–Crippen LogP) is 2.89. The summed E-state index contributed by atoms with van der Waals surface area (Å²) in [6.45, 7) is 13.2. The molecule has 0 fully saturated rings. The van der Waals surface area contributed by atoms with Gasteiger partial charge in [0.2, 0.25) is 0 Å². The molecular formula is C19H34ClNO3.